The fraction of sp³-hybridized carbons (Fsp3) is 0.231. The van der Waals surface area contributed by atoms with Crippen molar-refractivity contribution < 1.29 is 14.3 Å². The minimum Gasteiger partial charge on any atom is -0.493 e. The fourth-order valence-electron chi connectivity index (χ4n) is 1.69. The van der Waals surface area contributed by atoms with Crippen molar-refractivity contribution in [2.24, 2.45) is 4.99 Å². The van der Waals surface area contributed by atoms with E-state index in [0.717, 1.165) is 26.2 Å². The number of nitrogens with zero attached hydrogens (tertiary/aromatic N) is 1. The van der Waals surface area contributed by atoms with Crippen molar-refractivity contribution >= 4 is 55.0 Å². The largest absolute Gasteiger partial charge is 0.493 e. The van der Waals surface area contributed by atoms with Gasteiger partial charge in [0, 0.05) is 10.0 Å². The van der Waals surface area contributed by atoms with Crippen molar-refractivity contribution in [3.8, 4) is 11.5 Å². The molecule has 0 unspecified atom stereocenters. The summed E-state index contributed by atoms with van der Waals surface area (Å²) in [4.78, 5) is 16.2. The molecule has 7 heteroatoms. The second kappa shape index (κ2) is 6.69. The third-order valence-electron chi connectivity index (χ3n) is 2.54. The topological polar surface area (TPSA) is 47.9 Å². The molecule has 20 heavy (non-hydrogen) atoms. The third-order valence-corrected chi connectivity index (χ3v) is 4.85. The number of hydrogen-bond donors (Lipinski definition) is 0. The van der Waals surface area contributed by atoms with E-state index in [4.69, 9.17) is 9.47 Å². The molecular weight excluding hydrogens is 362 g/mol. The van der Waals surface area contributed by atoms with Crippen molar-refractivity contribution in [2.45, 2.75) is 0 Å². The Kier molecular flexibility index (Phi) is 5.17. The van der Waals surface area contributed by atoms with Crippen LogP contribution in [0.5, 0.6) is 11.5 Å². The van der Waals surface area contributed by atoms with E-state index in [0.29, 0.717) is 17.2 Å². The van der Waals surface area contributed by atoms with Gasteiger partial charge in [0.05, 0.1) is 14.2 Å². The lowest BCUT2D eigenvalue weighted by atomic mass is 10.1. The van der Waals surface area contributed by atoms with Crippen LogP contribution in [0.25, 0.3) is 6.08 Å². The van der Waals surface area contributed by atoms with E-state index in [1.54, 1.807) is 20.3 Å². The Morgan fingerprint density at radius 3 is 2.65 bits per heavy atom. The standard InChI is InChI=1S/C13H12BrNO3S2/c1-17-10-6-8(14)4-7(11(10)18-2)5-9-12(16)20-13(15-9)19-3/h4-6H,1-3H3. The first-order valence-corrected chi connectivity index (χ1v) is 8.40. The predicted octanol–water partition coefficient (Wildman–Crippen LogP) is 3.80. The van der Waals surface area contributed by atoms with Gasteiger partial charge in [-0.1, -0.05) is 15.9 Å². The monoisotopic (exact) mass is 373 g/mol. The van der Waals surface area contributed by atoms with Crippen LogP contribution in [0.15, 0.2) is 27.3 Å². The SMILES string of the molecule is COc1cc(Br)cc(C=C2N=C(SC)SC2=O)c1OC. The van der Waals surface area contributed by atoms with Crippen LogP contribution in [-0.2, 0) is 4.79 Å². The van der Waals surface area contributed by atoms with Gasteiger partial charge in [0.25, 0.3) is 0 Å². The number of halogens is 1. The van der Waals surface area contributed by atoms with Gasteiger partial charge in [0.2, 0.25) is 5.12 Å². The number of thioether (sulfide) groups is 2. The highest BCUT2D eigenvalue weighted by Gasteiger charge is 2.22. The zero-order chi connectivity index (χ0) is 14.7. The normalized spacial score (nSPS) is 16.5. The van der Waals surface area contributed by atoms with E-state index in [1.807, 2.05) is 18.4 Å². The first kappa shape index (κ1) is 15.5. The summed E-state index contributed by atoms with van der Waals surface area (Å²) in [7, 11) is 3.14. The zero-order valence-electron chi connectivity index (χ0n) is 11.1. The molecule has 1 aliphatic heterocycles. The van der Waals surface area contributed by atoms with Gasteiger partial charge in [-0.15, -0.1) is 11.8 Å². The summed E-state index contributed by atoms with van der Waals surface area (Å²) in [5, 5.41) is -0.0599. The predicted molar refractivity (Wildman–Crippen MR) is 88.8 cm³/mol. The number of benzene rings is 1. The first-order chi connectivity index (χ1) is 9.58. The van der Waals surface area contributed by atoms with E-state index in [1.165, 1.54) is 11.8 Å². The Morgan fingerprint density at radius 1 is 1.35 bits per heavy atom. The Balaban J connectivity index is 2.50. The number of rotatable bonds is 3. The molecule has 1 heterocycles. The number of ether oxygens (including phenoxy) is 2. The van der Waals surface area contributed by atoms with E-state index < -0.39 is 0 Å². The maximum absolute atomic E-state index is 11.9. The second-order valence-electron chi connectivity index (χ2n) is 3.73. The van der Waals surface area contributed by atoms with Crippen LogP contribution in [0.2, 0.25) is 0 Å². The number of carbonyl (C=O) groups is 1. The molecule has 1 aromatic rings. The summed E-state index contributed by atoms with van der Waals surface area (Å²) in [5.41, 5.74) is 1.16. The lowest BCUT2D eigenvalue weighted by molar-refractivity contribution is -0.107. The molecule has 0 atom stereocenters. The number of hydrogen-bond acceptors (Lipinski definition) is 6. The summed E-state index contributed by atoms with van der Waals surface area (Å²) in [6, 6.07) is 3.67. The lowest BCUT2D eigenvalue weighted by Crippen LogP contribution is -1.95. The molecule has 0 saturated carbocycles. The fourth-order valence-corrected chi connectivity index (χ4v) is 3.41. The molecule has 1 aliphatic rings. The van der Waals surface area contributed by atoms with Crippen LogP contribution in [0, 0.1) is 0 Å². The zero-order valence-corrected chi connectivity index (χ0v) is 14.3. The second-order valence-corrected chi connectivity index (χ2v) is 6.66. The van der Waals surface area contributed by atoms with E-state index in [9.17, 15) is 4.79 Å². The van der Waals surface area contributed by atoms with Crippen molar-refractivity contribution in [3.63, 3.8) is 0 Å². The summed E-state index contributed by atoms with van der Waals surface area (Å²) >= 11 is 6.01. The molecule has 0 amide bonds. The van der Waals surface area contributed by atoms with Crippen LogP contribution in [0.1, 0.15) is 5.56 Å². The van der Waals surface area contributed by atoms with Gasteiger partial charge >= 0.3 is 0 Å². The Bertz CT molecular complexity index is 614. The number of methoxy groups -OCH3 is 2. The van der Waals surface area contributed by atoms with Gasteiger partial charge in [-0.25, -0.2) is 4.99 Å². The van der Waals surface area contributed by atoms with Gasteiger partial charge in [-0.2, -0.15) is 0 Å². The van der Waals surface area contributed by atoms with Crippen LogP contribution >= 0.6 is 39.5 Å². The minimum atomic E-state index is -0.0599. The first-order valence-electron chi connectivity index (χ1n) is 5.57. The molecule has 0 N–H and O–H groups in total. The third kappa shape index (κ3) is 3.21. The minimum absolute atomic E-state index is 0.0599. The molecule has 2 rings (SSSR count). The Hall–Kier alpha value is -0.920. The molecular formula is C13H12BrNO3S2. The maximum Gasteiger partial charge on any atom is 0.244 e. The highest BCUT2D eigenvalue weighted by Crippen LogP contribution is 2.37. The van der Waals surface area contributed by atoms with Crippen LogP contribution in [0.3, 0.4) is 0 Å². The number of aliphatic imine (C=N–C) groups is 1. The highest BCUT2D eigenvalue weighted by atomic mass is 79.9. The van der Waals surface area contributed by atoms with E-state index in [-0.39, 0.29) is 5.12 Å². The van der Waals surface area contributed by atoms with E-state index >= 15 is 0 Å². The molecule has 0 saturated heterocycles. The quantitative estimate of drug-likeness (QED) is 0.754. The Morgan fingerprint density at radius 2 is 2.10 bits per heavy atom. The molecule has 0 fully saturated rings. The maximum atomic E-state index is 11.9. The Labute approximate surface area is 134 Å². The summed E-state index contributed by atoms with van der Waals surface area (Å²) in [6.45, 7) is 0. The summed E-state index contributed by atoms with van der Waals surface area (Å²) in [6.07, 6.45) is 3.61. The van der Waals surface area contributed by atoms with Crippen molar-refractivity contribution in [2.75, 3.05) is 20.5 Å². The van der Waals surface area contributed by atoms with Gasteiger partial charge in [0.1, 0.15) is 10.1 Å². The average molecular weight is 374 g/mol. The van der Waals surface area contributed by atoms with Gasteiger partial charge < -0.3 is 9.47 Å². The smallest absolute Gasteiger partial charge is 0.244 e. The number of carbonyl (C=O) groups excluding carboxylic acids is 1. The van der Waals surface area contributed by atoms with Crippen LogP contribution in [-0.4, -0.2) is 30.0 Å². The molecule has 4 nitrogen and oxygen atoms in total. The van der Waals surface area contributed by atoms with Crippen LogP contribution in [0.4, 0.5) is 0 Å². The molecule has 106 valence electrons. The van der Waals surface area contributed by atoms with Gasteiger partial charge in [0.15, 0.2) is 11.5 Å². The highest BCUT2D eigenvalue weighted by molar-refractivity contribution is 9.10. The average Bonchev–Trinajstić information content (AvgIpc) is 2.78. The van der Waals surface area contributed by atoms with Gasteiger partial charge in [-0.3, -0.25) is 4.79 Å². The summed E-state index contributed by atoms with van der Waals surface area (Å²) in [5.74, 6) is 1.18. The molecule has 0 bridgehead atoms. The van der Waals surface area contributed by atoms with Gasteiger partial charge in [-0.05, 0) is 36.2 Å². The van der Waals surface area contributed by atoms with Crippen molar-refractivity contribution in [3.05, 3.63) is 27.9 Å². The molecule has 0 spiro atoms. The van der Waals surface area contributed by atoms with E-state index in [2.05, 4.69) is 20.9 Å². The summed E-state index contributed by atoms with van der Waals surface area (Å²) < 4.78 is 12.2. The molecule has 0 radical (unpaired) electrons. The van der Waals surface area contributed by atoms with Crippen molar-refractivity contribution in [1.82, 2.24) is 0 Å². The van der Waals surface area contributed by atoms with Crippen LogP contribution < -0.4 is 9.47 Å². The molecule has 0 aromatic heterocycles. The molecule has 1 aromatic carbocycles. The lowest BCUT2D eigenvalue weighted by Gasteiger charge is -2.11. The van der Waals surface area contributed by atoms with Crippen molar-refractivity contribution in [1.29, 1.82) is 0 Å². The molecule has 0 aliphatic carbocycles.